The molecule has 0 aliphatic heterocycles. The van der Waals surface area contributed by atoms with Gasteiger partial charge in [0.25, 0.3) is 0 Å². The van der Waals surface area contributed by atoms with Gasteiger partial charge in [0.2, 0.25) is 0 Å². The molecule has 92 heavy (non-hydrogen) atoms. The van der Waals surface area contributed by atoms with Crippen molar-refractivity contribution in [2.75, 3.05) is 0 Å². The zero-order valence-corrected chi connectivity index (χ0v) is 56.7. The second kappa shape index (κ2) is 24.6. The third-order valence-corrected chi connectivity index (χ3v) is 21.8. The molecule has 0 nitrogen and oxygen atoms in total. The van der Waals surface area contributed by atoms with Crippen molar-refractivity contribution in [3.63, 3.8) is 0 Å². The first-order chi connectivity index (χ1) is 44.6. The van der Waals surface area contributed by atoms with E-state index in [1.807, 2.05) is 0 Å². The minimum Gasteiger partial charge on any atom is -0.0654 e. The number of unbranched alkanes of at least 4 members (excludes halogenated alkanes) is 10. The highest BCUT2D eigenvalue weighted by molar-refractivity contribution is 6.26. The summed E-state index contributed by atoms with van der Waals surface area (Å²) in [6.07, 6.45) is 17.6. The maximum Gasteiger partial charge on any atom is 0.0713 e. The third kappa shape index (κ3) is 10.6. The van der Waals surface area contributed by atoms with Gasteiger partial charge in [0.1, 0.15) is 0 Å². The predicted molar refractivity (Wildman–Crippen MR) is 399 cm³/mol. The lowest BCUT2D eigenvalue weighted by molar-refractivity contribution is 0.398. The molecule has 0 saturated carbocycles. The Hall–Kier alpha value is -8.32. The van der Waals surface area contributed by atoms with E-state index in [-0.39, 0.29) is 16.2 Å². The van der Waals surface area contributed by atoms with Crippen molar-refractivity contribution < 1.29 is 0 Å². The molecule has 0 bridgehead atoms. The number of rotatable bonds is 19. The predicted octanol–water partition coefficient (Wildman–Crippen LogP) is 26.6. The molecule has 2 aliphatic rings. The minimum absolute atomic E-state index is 0.0286. The van der Waals surface area contributed by atoms with Gasteiger partial charge in [-0.05, 0) is 205 Å². The first-order valence-corrected chi connectivity index (χ1v) is 35.3. The summed E-state index contributed by atoms with van der Waals surface area (Å²) >= 11 is 0. The van der Waals surface area contributed by atoms with Crippen LogP contribution >= 0.6 is 0 Å². The lowest BCUT2D eigenvalue weighted by Gasteiger charge is -2.36. The lowest BCUT2D eigenvalue weighted by Crippen LogP contribution is -2.29. The van der Waals surface area contributed by atoms with E-state index < -0.39 is 5.41 Å². The Morgan fingerprint density at radius 1 is 0.293 bits per heavy atom. The quantitative estimate of drug-likeness (QED) is 0.0559. The van der Waals surface area contributed by atoms with Crippen molar-refractivity contribution in [3.05, 3.63) is 274 Å². The Kier molecular flexibility index (Phi) is 16.4. The average Bonchev–Trinajstić information content (AvgIpc) is 1.48. The molecule has 12 aromatic carbocycles. The van der Waals surface area contributed by atoms with Gasteiger partial charge in [-0.3, -0.25) is 0 Å². The van der Waals surface area contributed by atoms with Gasteiger partial charge in [-0.2, -0.15) is 0 Å². The Bertz CT molecular complexity index is 4650. The second-order valence-electron chi connectivity index (χ2n) is 29.9. The van der Waals surface area contributed by atoms with Crippen molar-refractivity contribution in [3.8, 4) is 55.6 Å². The molecule has 0 heterocycles. The minimum atomic E-state index is -0.539. The van der Waals surface area contributed by atoms with Crippen molar-refractivity contribution in [2.45, 2.75) is 181 Å². The Balaban J connectivity index is 1.03. The smallest absolute Gasteiger partial charge is 0.0654 e. The van der Waals surface area contributed by atoms with Crippen molar-refractivity contribution >= 4 is 43.1 Å². The van der Waals surface area contributed by atoms with Gasteiger partial charge in [0.05, 0.1) is 5.41 Å². The van der Waals surface area contributed by atoms with Crippen LogP contribution in [-0.4, -0.2) is 0 Å². The highest BCUT2D eigenvalue weighted by Crippen LogP contribution is 2.63. The normalized spacial score (nSPS) is 13.9. The van der Waals surface area contributed by atoms with E-state index in [2.05, 4.69) is 288 Å². The maximum atomic E-state index is 2.77. The van der Waals surface area contributed by atoms with Crippen molar-refractivity contribution in [2.24, 2.45) is 0 Å². The van der Waals surface area contributed by atoms with Crippen LogP contribution in [0, 0.1) is 13.8 Å². The van der Waals surface area contributed by atoms with E-state index in [4.69, 9.17) is 0 Å². The van der Waals surface area contributed by atoms with Gasteiger partial charge in [-0.1, -0.05) is 338 Å². The van der Waals surface area contributed by atoms with Gasteiger partial charge in [0.15, 0.2) is 0 Å². The van der Waals surface area contributed by atoms with E-state index in [1.54, 1.807) is 5.56 Å². The van der Waals surface area contributed by atoms with Gasteiger partial charge in [-0.25, -0.2) is 0 Å². The molecule has 0 atom stereocenters. The largest absolute Gasteiger partial charge is 0.0713 e. The highest BCUT2D eigenvalue weighted by Gasteiger charge is 2.50. The number of benzene rings is 12. The molecule has 462 valence electrons. The van der Waals surface area contributed by atoms with Crippen LogP contribution in [0.25, 0.3) is 98.7 Å². The summed E-state index contributed by atoms with van der Waals surface area (Å²) in [5, 5.41) is 10.3. The van der Waals surface area contributed by atoms with Crippen LogP contribution in [0.5, 0.6) is 0 Å². The van der Waals surface area contributed by atoms with E-state index in [0.29, 0.717) is 0 Å². The summed E-state index contributed by atoms with van der Waals surface area (Å²) in [6, 6.07) is 86.9. The highest BCUT2D eigenvalue weighted by atomic mass is 14.5. The van der Waals surface area contributed by atoms with Crippen LogP contribution in [0.2, 0.25) is 0 Å². The Labute approximate surface area is 550 Å². The first-order valence-electron chi connectivity index (χ1n) is 35.3. The monoisotopic (exact) mass is 1200 g/mol. The molecular weight excluding hydrogens is 1110 g/mol. The second-order valence-corrected chi connectivity index (χ2v) is 29.9. The summed E-state index contributed by atoms with van der Waals surface area (Å²) < 4.78 is 0. The number of hydrogen-bond donors (Lipinski definition) is 0. The molecule has 0 N–H and O–H groups in total. The van der Waals surface area contributed by atoms with Gasteiger partial charge >= 0.3 is 0 Å². The number of fused-ring (bicyclic) bond motifs is 10. The lowest BCUT2D eigenvalue weighted by atomic mass is 9.66. The molecule has 0 saturated heterocycles. The van der Waals surface area contributed by atoms with Crippen LogP contribution in [0.15, 0.2) is 218 Å². The summed E-state index contributed by atoms with van der Waals surface area (Å²) in [5.41, 5.74) is 26.6. The molecule has 0 amide bonds. The van der Waals surface area contributed by atoms with E-state index >= 15 is 0 Å². The van der Waals surface area contributed by atoms with Gasteiger partial charge < -0.3 is 0 Å². The molecule has 12 aromatic rings. The van der Waals surface area contributed by atoms with Crippen molar-refractivity contribution in [1.29, 1.82) is 0 Å². The molecule has 0 radical (unpaired) electrons. The molecule has 0 fully saturated rings. The molecule has 0 unspecified atom stereocenters. The topological polar surface area (TPSA) is 0 Å². The van der Waals surface area contributed by atoms with Gasteiger partial charge in [-0.15, -0.1) is 0 Å². The zero-order chi connectivity index (χ0) is 63.5. The van der Waals surface area contributed by atoms with Gasteiger partial charge in [0, 0.05) is 5.41 Å². The molecular formula is C92H94. The van der Waals surface area contributed by atoms with Crippen LogP contribution in [0.1, 0.15) is 201 Å². The van der Waals surface area contributed by atoms with E-state index in [1.165, 1.54) is 226 Å². The number of aryl methyl sites for hydroxylation is 2. The maximum absolute atomic E-state index is 2.77. The Morgan fingerprint density at radius 3 is 1.27 bits per heavy atom. The first kappa shape index (κ1) is 61.2. The summed E-state index contributed by atoms with van der Waals surface area (Å²) in [7, 11) is 0. The molecule has 0 heteroatoms. The summed E-state index contributed by atoms with van der Waals surface area (Å²) in [6.45, 7) is 23.3. The summed E-state index contributed by atoms with van der Waals surface area (Å²) in [4.78, 5) is 0. The van der Waals surface area contributed by atoms with Crippen LogP contribution in [-0.2, 0) is 21.7 Å². The molecule has 0 aromatic heterocycles. The molecule has 0 spiro atoms. The zero-order valence-electron chi connectivity index (χ0n) is 56.7. The Morgan fingerprint density at radius 2 is 0.707 bits per heavy atom. The third-order valence-electron chi connectivity index (χ3n) is 21.8. The fraction of sp³-hybridized carbons (Fsp3) is 0.304. The molecule has 2 aliphatic carbocycles. The van der Waals surface area contributed by atoms with Crippen LogP contribution < -0.4 is 0 Å². The van der Waals surface area contributed by atoms with E-state index in [0.717, 1.165) is 12.8 Å². The fourth-order valence-corrected chi connectivity index (χ4v) is 16.9. The van der Waals surface area contributed by atoms with Crippen LogP contribution in [0.3, 0.4) is 0 Å². The van der Waals surface area contributed by atoms with Crippen LogP contribution in [0.4, 0.5) is 0 Å². The standard InChI is InChI=1S/C92H94/c1-11-13-15-17-19-25-53-91(54-26-20-18-16-14-12-2)83-58-66(65-40-52-78-82(57-65)88(76-36-28-32-64-30-22-24-34-72(64)76)77-50-38-61(3)55-81(77)87(78)75-35-27-31-63-29-21-23-33-71(63)75)39-51-73(83)79-60-86-80(59-84(79)91)74-49-37-62(4)56-85(74)92(86,69-45-41-67(42-46-69)89(5,6)7)70-47-43-68(44-48-70)90(8,9)10/h21-24,27-52,55-60H,11-20,25-26,53-54H2,1-10H3. The fourth-order valence-electron chi connectivity index (χ4n) is 16.9. The SMILES string of the molecule is CCCCCCCCC1(CCCCCCCC)c2cc(-c3ccc4c(-c5cccc6ccccc56)c5cc(C)ccc5c(-c5cccc6ccccc56)c4c3)ccc2-c2cc3c(cc21)-c1ccc(C)cc1C3(c1ccc(C(C)(C)C)cc1)c1ccc(C(C)(C)C)cc1. The average molecular weight is 1200 g/mol. The summed E-state index contributed by atoms with van der Waals surface area (Å²) in [5.74, 6) is 0. The number of hydrogen-bond acceptors (Lipinski definition) is 0. The van der Waals surface area contributed by atoms with E-state index in [9.17, 15) is 0 Å². The van der Waals surface area contributed by atoms with Crippen molar-refractivity contribution in [1.82, 2.24) is 0 Å². The molecule has 14 rings (SSSR count).